The van der Waals surface area contributed by atoms with Crippen molar-refractivity contribution in [3.05, 3.63) is 56.8 Å². The van der Waals surface area contributed by atoms with Crippen molar-refractivity contribution in [1.82, 2.24) is 5.32 Å². The summed E-state index contributed by atoms with van der Waals surface area (Å²) in [5.41, 5.74) is 5.55. The van der Waals surface area contributed by atoms with E-state index in [1.807, 2.05) is 0 Å². The molecule has 0 unspecified atom stereocenters. The maximum Gasteiger partial charge on any atom is 0.0302 e. The molecule has 0 radical (unpaired) electrons. The van der Waals surface area contributed by atoms with Crippen molar-refractivity contribution in [3.63, 3.8) is 0 Å². The molecule has 1 nitrogen and oxygen atoms in total. The summed E-state index contributed by atoms with van der Waals surface area (Å²) in [6, 6.07) is 8.84. The van der Waals surface area contributed by atoms with Crippen LogP contribution < -0.4 is 5.32 Å². The Morgan fingerprint density at radius 1 is 1.00 bits per heavy atom. The van der Waals surface area contributed by atoms with Crippen LogP contribution in [-0.4, -0.2) is 0 Å². The highest BCUT2D eigenvalue weighted by Crippen LogP contribution is 2.15. The average Bonchev–Trinajstić information content (AvgIpc) is 2.78. The number of aryl methyl sites for hydroxylation is 3. The molecule has 1 aromatic heterocycles. The summed E-state index contributed by atoms with van der Waals surface area (Å²) in [6.45, 7) is 8.45. The molecular formula is C15H19NS. The smallest absolute Gasteiger partial charge is 0.0302 e. The van der Waals surface area contributed by atoms with Crippen molar-refractivity contribution in [2.45, 2.75) is 33.9 Å². The predicted molar refractivity (Wildman–Crippen MR) is 75.5 cm³/mol. The van der Waals surface area contributed by atoms with Crippen molar-refractivity contribution in [2.75, 3.05) is 0 Å². The summed E-state index contributed by atoms with van der Waals surface area (Å²) in [5.74, 6) is 0. The van der Waals surface area contributed by atoms with Crippen LogP contribution in [-0.2, 0) is 13.1 Å². The van der Waals surface area contributed by atoms with Gasteiger partial charge >= 0.3 is 0 Å². The van der Waals surface area contributed by atoms with Crippen LogP contribution in [0.3, 0.4) is 0 Å². The SMILES string of the molecule is Cc1cc(C)c(CNCc2cccs2)cc1C. The Labute approximate surface area is 108 Å². The number of thiophene rings is 1. The molecule has 0 aliphatic rings. The zero-order valence-electron chi connectivity index (χ0n) is 10.7. The lowest BCUT2D eigenvalue weighted by molar-refractivity contribution is 0.697. The lowest BCUT2D eigenvalue weighted by Gasteiger charge is -2.10. The fourth-order valence-corrected chi connectivity index (χ4v) is 2.62. The summed E-state index contributed by atoms with van der Waals surface area (Å²) in [4.78, 5) is 1.39. The van der Waals surface area contributed by atoms with Gasteiger partial charge in [0.15, 0.2) is 0 Å². The summed E-state index contributed by atoms with van der Waals surface area (Å²) in [6.07, 6.45) is 0. The second kappa shape index (κ2) is 5.48. The standard InChI is InChI=1S/C15H19NS/c1-11-7-13(3)14(8-12(11)2)9-16-10-15-5-4-6-17-15/h4-8,16H,9-10H2,1-3H3. The van der Waals surface area contributed by atoms with Crippen LogP contribution in [0.2, 0.25) is 0 Å². The Morgan fingerprint density at radius 2 is 1.76 bits per heavy atom. The maximum absolute atomic E-state index is 3.50. The first-order chi connectivity index (χ1) is 8.16. The fraction of sp³-hybridized carbons (Fsp3) is 0.333. The zero-order valence-corrected chi connectivity index (χ0v) is 11.5. The van der Waals surface area contributed by atoms with Gasteiger partial charge in [0.05, 0.1) is 0 Å². The third kappa shape index (κ3) is 3.18. The highest BCUT2D eigenvalue weighted by Gasteiger charge is 2.01. The van der Waals surface area contributed by atoms with Gasteiger partial charge in [-0.3, -0.25) is 0 Å². The Hall–Kier alpha value is -1.12. The minimum absolute atomic E-state index is 0.949. The van der Waals surface area contributed by atoms with E-state index in [0.29, 0.717) is 0 Å². The van der Waals surface area contributed by atoms with Gasteiger partial charge in [0.1, 0.15) is 0 Å². The first-order valence-corrected chi connectivity index (χ1v) is 6.84. The number of rotatable bonds is 4. The lowest BCUT2D eigenvalue weighted by Crippen LogP contribution is -2.13. The Morgan fingerprint density at radius 3 is 2.47 bits per heavy atom. The van der Waals surface area contributed by atoms with E-state index in [1.54, 1.807) is 11.3 Å². The molecule has 0 spiro atoms. The summed E-state index contributed by atoms with van der Waals surface area (Å²) in [7, 11) is 0. The molecule has 0 fully saturated rings. The van der Waals surface area contributed by atoms with E-state index < -0.39 is 0 Å². The predicted octanol–water partition coefficient (Wildman–Crippen LogP) is 3.96. The molecule has 0 aliphatic heterocycles. The van der Waals surface area contributed by atoms with Gasteiger partial charge in [-0.15, -0.1) is 11.3 Å². The lowest BCUT2D eigenvalue weighted by atomic mass is 10.0. The van der Waals surface area contributed by atoms with Gasteiger partial charge in [0.2, 0.25) is 0 Å². The van der Waals surface area contributed by atoms with E-state index in [-0.39, 0.29) is 0 Å². The van der Waals surface area contributed by atoms with Gasteiger partial charge < -0.3 is 5.32 Å². The number of benzene rings is 1. The monoisotopic (exact) mass is 245 g/mol. The van der Waals surface area contributed by atoms with Crippen LogP contribution in [0.15, 0.2) is 29.6 Å². The molecule has 0 aliphatic carbocycles. The summed E-state index contributed by atoms with van der Waals surface area (Å²) >= 11 is 1.81. The molecule has 2 rings (SSSR count). The highest BCUT2D eigenvalue weighted by molar-refractivity contribution is 7.09. The Bertz CT molecular complexity index is 486. The van der Waals surface area contributed by atoms with E-state index in [9.17, 15) is 0 Å². The maximum atomic E-state index is 3.50. The van der Waals surface area contributed by atoms with Crippen molar-refractivity contribution in [2.24, 2.45) is 0 Å². The molecule has 0 saturated carbocycles. The zero-order chi connectivity index (χ0) is 12.3. The molecule has 0 amide bonds. The summed E-state index contributed by atoms with van der Waals surface area (Å²) < 4.78 is 0. The molecular weight excluding hydrogens is 226 g/mol. The number of nitrogens with one attached hydrogen (secondary N) is 1. The fourth-order valence-electron chi connectivity index (χ4n) is 1.94. The van der Waals surface area contributed by atoms with Crippen molar-refractivity contribution in [3.8, 4) is 0 Å². The summed E-state index contributed by atoms with van der Waals surface area (Å²) in [5, 5.41) is 5.63. The molecule has 1 N–H and O–H groups in total. The van der Waals surface area contributed by atoms with E-state index in [4.69, 9.17) is 0 Å². The van der Waals surface area contributed by atoms with Gasteiger partial charge in [-0.2, -0.15) is 0 Å². The Balaban J connectivity index is 1.97. The van der Waals surface area contributed by atoms with Crippen LogP contribution in [0.1, 0.15) is 27.1 Å². The highest BCUT2D eigenvalue weighted by atomic mass is 32.1. The Kier molecular flexibility index (Phi) is 3.97. The number of hydrogen-bond acceptors (Lipinski definition) is 2. The van der Waals surface area contributed by atoms with Crippen molar-refractivity contribution < 1.29 is 0 Å². The molecule has 0 atom stereocenters. The minimum atomic E-state index is 0.949. The third-order valence-corrected chi connectivity index (χ3v) is 4.02. The van der Waals surface area contributed by atoms with Crippen molar-refractivity contribution >= 4 is 11.3 Å². The molecule has 1 aromatic carbocycles. The topological polar surface area (TPSA) is 12.0 Å². The molecule has 17 heavy (non-hydrogen) atoms. The van der Waals surface area contributed by atoms with E-state index >= 15 is 0 Å². The van der Waals surface area contributed by atoms with Crippen LogP contribution in [0.4, 0.5) is 0 Å². The first kappa shape index (κ1) is 12.3. The second-order valence-corrected chi connectivity index (χ2v) is 5.58. The van der Waals surface area contributed by atoms with Crippen LogP contribution >= 0.6 is 11.3 Å². The number of hydrogen-bond donors (Lipinski definition) is 1. The van der Waals surface area contributed by atoms with E-state index in [1.165, 1.54) is 27.1 Å². The first-order valence-electron chi connectivity index (χ1n) is 5.96. The molecule has 2 heteroatoms. The molecule has 1 heterocycles. The van der Waals surface area contributed by atoms with Gasteiger partial charge in [-0.05, 0) is 54.5 Å². The quantitative estimate of drug-likeness (QED) is 0.859. The third-order valence-electron chi connectivity index (χ3n) is 3.15. The molecule has 2 aromatic rings. The van der Waals surface area contributed by atoms with Crippen LogP contribution in [0.5, 0.6) is 0 Å². The van der Waals surface area contributed by atoms with E-state index in [0.717, 1.165) is 13.1 Å². The van der Waals surface area contributed by atoms with Crippen molar-refractivity contribution in [1.29, 1.82) is 0 Å². The minimum Gasteiger partial charge on any atom is -0.308 e. The van der Waals surface area contributed by atoms with Crippen LogP contribution in [0.25, 0.3) is 0 Å². The normalized spacial score (nSPS) is 10.8. The molecule has 0 saturated heterocycles. The molecule has 90 valence electrons. The largest absolute Gasteiger partial charge is 0.308 e. The van der Waals surface area contributed by atoms with Crippen LogP contribution in [0, 0.1) is 20.8 Å². The second-order valence-electron chi connectivity index (χ2n) is 4.55. The van der Waals surface area contributed by atoms with Gasteiger partial charge in [0, 0.05) is 18.0 Å². The van der Waals surface area contributed by atoms with Gasteiger partial charge in [0.25, 0.3) is 0 Å². The average molecular weight is 245 g/mol. The van der Waals surface area contributed by atoms with Gasteiger partial charge in [-0.1, -0.05) is 18.2 Å². The van der Waals surface area contributed by atoms with Gasteiger partial charge in [-0.25, -0.2) is 0 Å². The molecule has 0 bridgehead atoms. The van der Waals surface area contributed by atoms with E-state index in [2.05, 4.69) is 55.7 Å².